The van der Waals surface area contributed by atoms with Gasteiger partial charge in [-0.2, -0.15) is 0 Å². The number of carbonyl (C=O) groups excluding carboxylic acids is 3. The van der Waals surface area contributed by atoms with Gasteiger partial charge in [0.1, 0.15) is 17.6 Å². The molecule has 1 heterocycles. The molecule has 4 rings (SSSR count). The van der Waals surface area contributed by atoms with Gasteiger partial charge >= 0.3 is 0 Å². The zero-order valence-corrected chi connectivity index (χ0v) is 20.1. The van der Waals surface area contributed by atoms with E-state index in [0.717, 1.165) is 11.6 Å². The van der Waals surface area contributed by atoms with Crippen LogP contribution in [0.4, 0.5) is 10.1 Å². The summed E-state index contributed by atoms with van der Waals surface area (Å²) in [5.41, 5.74) is 3.98. The molecular formula is C26H23FN4O4S. The number of carbonyl (C=O) groups is 3. The summed E-state index contributed by atoms with van der Waals surface area (Å²) in [5, 5.41) is 3.97. The minimum absolute atomic E-state index is 0.0378. The first-order valence-electron chi connectivity index (χ1n) is 11.0. The Labute approximate surface area is 212 Å². The number of hydrazine groups is 1. The molecule has 1 aliphatic rings. The Morgan fingerprint density at radius 2 is 1.75 bits per heavy atom. The van der Waals surface area contributed by atoms with E-state index in [4.69, 9.17) is 17.0 Å². The fourth-order valence-electron chi connectivity index (χ4n) is 3.73. The number of anilines is 1. The fraction of sp³-hybridized carbons (Fsp3) is 0.154. The van der Waals surface area contributed by atoms with Gasteiger partial charge in [0.15, 0.2) is 5.11 Å². The Bertz CT molecular complexity index is 1290. The van der Waals surface area contributed by atoms with Gasteiger partial charge in [0.2, 0.25) is 5.91 Å². The lowest BCUT2D eigenvalue weighted by molar-refractivity contribution is -0.131. The molecule has 0 radical (unpaired) electrons. The molecule has 36 heavy (non-hydrogen) atoms. The van der Waals surface area contributed by atoms with Crippen LogP contribution in [-0.4, -0.2) is 45.9 Å². The summed E-state index contributed by atoms with van der Waals surface area (Å²) < 4.78 is 18.8. The third-order valence-electron chi connectivity index (χ3n) is 5.54. The van der Waals surface area contributed by atoms with E-state index in [1.165, 1.54) is 35.2 Å². The molecule has 3 amide bonds. The predicted molar refractivity (Wildman–Crippen MR) is 135 cm³/mol. The average molecular weight is 507 g/mol. The zero-order chi connectivity index (χ0) is 25.7. The molecule has 3 aromatic carbocycles. The third-order valence-corrected chi connectivity index (χ3v) is 5.96. The minimum atomic E-state index is -1.09. The Morgan fingerprint density at radius 3 is 2.42 bits per heavy atom. The van der Waals surface area contributed by atoms with E-state index in [1.807, 2.05) is 30.3 Å². The van der Waals surface area contributed by atoms with Gasteiger partial charge in [0.25, 0.3) is 11.8 Å². The Kier molecular flexibility index (Phi) is 7.55. The first-order valence-corrected chi connectivity index (χ1v) is 11.5. The molecule has 0 bridgehead atoms. The molecule has 0 unspecified atom stereocenters. The highest BCUT2D eigenvalue weighted by Crippen LogP contribution is 2.23. The summed E-state index contributed by atoms with van der Waals surface area (Å²) in [6.07, 6.45) is -0.278. The van der Waals surface area contributed by atoms with Crippen LogP contribution in [0.15, 0.2) is 78.9 Å². The van der Waals surface area contributed by atoms with Gasteiger partial charge < -0.3 is 10.1 Å². The van der Waals surface area contributed by atoms with Crippen molar-refractivity contribution >= 4 is 40.7 Å². The number of hydrogen-bond donors (Lipinski definition) is 2. The van der Waals surface area contributed by atoms with Crippen molar-refractivity contribution in [3.05, 3.63) is 95.8 Å². The van der Waals surface area contributed by atoms with Crippen molar-refractivity contribution in [3.8, 4) is 5.75 Å². The van der Waals surface area contributed by atoms with Crippen LogP contribution in [0.2, 0.25) is 0 Å². The third kappa shape index (κ3) is 5.66. The van der Waals surface area contributed by atoms with Crippen LogP contribution in [0.5, 0.6) is 5.75 Å². The maximum atomic E-state index is 13.6. The molecule has 3 aromatic rings. The lowest BCUT2D eigenvalue weighted by Crippen LogP contribution is -2.49. The van der Waals surface area contributed by atoms with E-state index < -0.39 is 29.6 Å². The number of amides is 3. The summed E-state index contributed by atoms with van der Waals surface area (Å²) in [4.78, 5) is 40.4. The van der Waals surface area contributed by atoms with Crippen LogP contribution in [0, 0.1) is 5.82 Å². The van der Waals surface area contributed by atoms with Crippen molar-refractivity contribution in [2.75, 3.05) is 12.4 Å². The van der Waals surface area contributed by atoms with E-state index in [9.17, 15) is 18.8 Å². The Morgan fingerprint density at radius 1 is 1.03 bits per heavy atom. The van der Waals surface area contributed by atoms with Gasteiger partial charge in [-0.1, -0.05) is 36.4 Å². The van der Waals surface area contributed by atoms with Crippen molar-refractivity contribution in [1.29, 1.82) is 0 Å². The average Bonchev–Trinajstić information content (AvgIpc) is 3.09. The number of nitrogens with one attached hydrogen (secondary N) is 2. The van der Waals surface area contributed by atoms with Gasteiger partial charge in [-0.15, -0.1) is 0 Å². The van der Waals surface area contributed by atoms with Crippen molar-refractivity contribution < 1.29 is 23.5 Å². The predicted octanol–water partition coefficient (Wildman–Crippen LogP) is 3.51. The molecule has 184 valence electrons. The second-order valence-corrected chi connectivity index (χ2v) is 8.38. The van der Waals surface area contributed by atoms with E-state index >= 15 is 0 Å². The smallest absolute Gasteiger partial charge is 0.269 e. The maximum absolute atomic E-state index is 13.6. The highest BCUT2D eigenvalue weighted by molar-refractivity contribution is 7.80. The number of thiocarbonyl (C=S) groups is 1. The molecule has 0 spiro atoms. The lowest BCUT2D eigenvalue weighted by atomic mass is 10.1. The largest absolute Gasteiger partial charge is 0.497 e. The van der Waals surface area contributed by atoms with Crippen LogP contribution in [-0.2, 0) is 16.1 Å². The van der Waals surface area contributed by atoms with Crippen molar-refractivity contribution in [2.24, 2.45) is 0 Å². The highest BCUT2D eigenvalue weighted by atomic mass is 32.1. The van der Waals surface area contributed by atoms with E-state index in [0.29, 0.717) is 11.4 Å². The normalized spacial score (nSPS) is 15.1. The molecule has 8 nitrogen and oxygen atoms in total. The van der Waals surface area contributed by atoms with Crippen LogP contribution >= 0.6 is 12.2 Å². The number of ether oxygens (including phenoxy) is 1. The summed E-state index contributed by atoms with van der Waals surface area (Å²) in [5.74, 6) is -1.50. The fourth-order valence-corrected chi connectivity index (χ4v) is 4.06. The molecule has 0 aromatic heterocycles. The van der Waals surface area contributed by atoms with Gasteiger partial charge in [0.05, 0.1) is 20.1 Å². The first-order chi connectivity index (χ1) is 17.4. The second-order valence-electron chi connectivity index (χ2n) is 8.01. The molecule has 2 N–H and O–H groups in total. The van der Waals surface area contributed by atoms with E-state index in [1.54, 1.807) is 24.3 Å². The van der Waals surface area contributed by atoms with E-state index in [-0.39, 0.29) is 23.6 Å². The van der Waals surface area contributed by atoms with Crippen LogP contribution in [0.25, 0.3) is 0 Å². The highest BCUT2D eigenvalue weighted by Gasteiger charge is 2.44. The topological polar surface area (TPSA) is 91.0 Å². The Balaban J connectivity index is 1.54. The summed E-state index contributed by atoms with van der Waals surface area (Å²) in [7, 11) is 1.54. The van der Waals surface area contributed by atoms with Crippen LogP contribution in [0.3, 0.4) is 0 Å². The van der Waals surface area contributed by atoms with Gasteiger partial charge in [-0.25, -0.2) is 9.40 Å². The summed E-state index contributed by atoms with van der Waals surface area (Å²) in [6, 6.07) is 20.0. The number of hydrogen-bond acceptors (Lipinski definition) is 5. The number of halogens is 1. The molecule has 0 saturated carbocycles. The maximum Gasteiger partial charge on any atom is 0.269 e. The SMILES string of the molecule is COc1ccc(NC(=O)C[C@@H]2C(=O)N(Cc3ccccc3)C(=S)N2NC(=O)c2cccc(F)c2)cc1. The van der Waals surface area contributed by atoms with E-state index in [2.05, 4.69) is 10.7 Å². The number of benzene rings is 3. The second kappa shape index (κ2) is 11.0. The van der Waals surface area contributed by atoms with Crippen LogP contribution in [0.1, 0.15) is 22.3 Å². The molecule has 10 heteroatoms. The summed E-state index contributed by atoms with van der Waals surface area (Å²) >= 11 is 5.52. The van der Waals surface area contributed by atoms with Gasteiger partial charge in [-0.3, -0.25) is 24.7 Å². The molecule has 1 atom stereocenters. The molecule has 1 fully saturated rings. The molecule has 1 aliphatic heterocycles. The Hall–Kier alpha value is -4.31. The molecular weight excluding hydrogens is 483 g/mol. The zero-order valence-electron chi connectivity index (χ0n) is 19.3. The van der Waals surface area contributed by atoms with Crippen molar-refractivity contribution in [3.63, 3.8) is 0 Å². The standard InChI is InChI=1S/C26H23FN4O4S/c1-35-21-12-10-20(11-13-21)28-23(32)15-22-25(34)30(16-17-6-3-2-4-7-17)26(36)31(22)29-24(33)18-8-5-9-19(27)14-18/h2-14,22H,15-16H2,1H3,(H,28,32)(H,29,33)/t22-/m1/s1. The monoisotopic (exact) mass is 506 g/mol. The van der Waals surface area contributed by atoms with Crippen LogP contribution < -0.4 is 15.5 Å². The first kappa shape index (κ1) is 24.8. The summed E-state index contributed by atoms with van der Waals surface area (Å²) in [6.45, 7) is 0.168. The van der Waals surface area contributed by atoms with Gasteiger partial charge in [-0.05, 0) is 60.2 Å². The lowest BCUT2D eigenvalue weighted by Gasteiger charge is -2.24. The molecule has 0 aliphatic carbocycles. The number of methoxy groups -OCH3 is 1. The van der Waals surface area contributed by atoms with Crippen molar-refractivity contribution in [1.82, 2.24) is 15.3 Å². The number of rotatable bonds is 8. The van der Waals surface area contributed by atoms with Gasteiger partial charge in [0, 0.05) is 11.3 Å². The quantitative estimate of drug-likeness (QED) is 0.455. The minimum Gasteiger partial charge on any atom is -0.497 e. The van der Waals surface area contributed by atoms with Crippen molar-refractivity contribution in [2.45, 2.75) is 19.0 Å². The number of nitrogens with zero attached hydrogens (tertiary/aromatic N) is 2. The molecule has 1 saturated heterocycles.